The van der Waals surface area contributed by atoms with Crippen LogP contribution in [0, 0.1) is 0 Å². The van der Waals surface area contributed by atoms with Gasteiger partial charge in [-0.2, -0.15) is 5.10 Å². The summed E-state index contributed by atoms with van der Waals surface area (Å²) in [5, 5.41) is 23.5. The highest BCUT2D eigenvalue weighted by molar-refractivity contribution is 6.35. The molecule has 9 nitrogen and oxygen atoms in total. The summed E-state index contributed by atoms with van der Waals surface area (Å²) in [5.74, 6) is 1.05. The average Bonchev–Trinajstić information content (AvgIpc) is 3.16. The van der Waals surface area contributed by atoms with Crippen molar-refractivity contribution in [1.82, 2.24) is 40.0 Å². The zero-order valence-electron chi connectivity index (χ0n) is 11.3. The van der Waals surface area contributed by atoms with Crippen LogP contribution >= 0.6 is 23.2 Å². The Kier molecular flexibility index (Phi) is 3.28. The van der Waals surface area contributed by atoms with Gasteiger partial charge in [0.05, 0.1) is 28.1 Å². The first-order valence-electron chi connectivity index (χ1n) is 6.37. The van der Waals surface area contributed by atoms with Crippen LogP contribution in [0.1, 0.15) is 0 Å². The molecule has 0 radical (unpaired) electrons. The van der Waals surface area contributed by atoms with Crippen molar-refractivity contribution in [2.75, 3.05) is 5.32 Å². The van der Waals surface area contributed by atoms with Crippen LogP contribution in [0.5, 0.6) is 0 Å². The third-order valence-corrected chi connectivity index (χ3v) is 3.41. The molecule has 4 heterocycles. The predicted molar refractivity (Wildman–Crippen MR) is 83.2 cm³/mol. The second-order valence-electron chi connectivity index (χ2n) is 4.50. The Hall–Kier alpha value is -2.78. The fraction of sp³-hybridized carbons (Fsp3) is 0. The Balaban J connectivity index is 1.62. The van der Waals surface area contributed by atoms with Gasteiger partial charge in [-0.05, 0) is 28.6 Å². The Bertz CT molecular complexity index is 993. The highest BCUT2D eigenvalue weighted by Gasteiger charge is 2.08. The lowest BCUT2D eigenvalue weighted by molar-refractivity contribution is 0.736. The molecule has 0 aromatic carbocycles. The van der Waals surface area contributed by atoms with E-state index in [-0.39, 0.29) is 0 Å². The molecule has 4 aromatic rings. The van der Waals surface area contributed by atoms with Crippen molar-refractivity contribution in [2.24, 2.45) is 0 Å². The molecule has 0 amide bonds. The van der Waals surface area contributed by atoms with Gasteiger partial charge in [0, 0.05) is 6.20 Å². The van der Waals surface area contributed by atoms with E-state index in [1.807, 2.05) is 0 Å². The third kappa shape index (κ3) is 2.67. The van der Waals surface area contributed by atoms with E-state index in [0.717, 1.165) is 0 Å². The average molecular weight is 348 g/mol. The van der Waals surface area contributed by atoms with Crippen molar-refractivity contribution < 1.29 is 0 Å². The Labute approximate surface area is 138 Å². The minimum atomic E-state index is 0.403. The number of anilines is 2. The zero-order chi connectivity index (χ0) is 15.8. The summed E-state index contributed by atoms with van der Waals surface area (Å²) < 4.78 is 2.86. The molecule has 0 aliphatic heterocycles. The number of fused-ring (bicyclic) bond motifs is 1. The Morgan fingerprint density at radius 1 is 1.13 bits per heavy atom. The van der Waals surface area contributed by atoms with Crippen LogP contribution in [0.2, 0.25) is 10.0 Å². The van der Waals surface area contributed by atoms with Crippen molar-refractivity contribution in [3.63, 3.8) is 0 Å². The number of pyridine rings is 1. The van der Waals surface area contributed by atoms with Crippen LogP contribution < -0.4 is 5.32 Å². The van der Waals surface area contributed by atoms with E-state index in [2.05, 4.69) is 36.0 Å². The fourth-order valence-corrected chi connectivity index (χ4v) is 2.41. The maximum atomic E-state index is 6.12. The van der Waals surface area contributed by atoms with Gasteiger partial charge in [-0.25, -0.2) is 9.67 Å². The maximum Gasteiger partial charge on any atom is 0.200 e. The SMILES string of the molecule is Clc1cnc(-n2cc(Nc3ccc4nnnn4n3)cn2)c(Cl)c1. The summed E-state index contributed by atoms with van der Waals surface area (Å²) in [6, 6.07) is 5.11. The van der Waals surface area contributed by atoms with Crippen LogP contribution in [0.4, 0.5) is 11.5 Å². The number of hydrogen-bond donors (Lipinski definition) is 1. The van der Waals surface area contributed by atoms with E-state index < -0.39 is 0 Å². The quantitative estimate of drug-likeness (QED) is 0.606. The van der Waals surface area contributed by atoms with E-state index in [0.29, 0.717) is 33.0 Å². The molecule has 4 aromatic heterocycles. The molecule has 0 fully saturated rings. The lowest BCUT2D eigenvalue weighted by Gasteiger charge is -2.03. The molecule has 0 saturated carbocycles. The molecule has 1 N–H and O–H groups in total. The first kappa shape index (κ1) is 13.9. The van der Waals surface area contributed by atoms with Crippen molar-refractivity contribution in [2.45, 2.75) is 0 Å². The first-order chi connectivity index (χ1) is 11.2. The molecule has 0 aliphatic rings. The van der Waals surface area contributed by atoms with E-state index in [1.165, 1.54) is 15.5 Å². The van der Waals surface area contributed by atoms with Crippen molar-refractivity contribution in [1.29, 1.82) is 0 Å². The number of nitrogens with one attached hydrogen (secondary N) is 1. The smallest absolute Gasteiger partial charge is 0.200 e. The molecule has 4 rings (SSSR count). The Morgan fingerprint density at radius 2 is 2.04 bits per heavy atom. The molecular weight excluding hydrogens is 341 g/mol. The highest BCUT2D eigenvalue weighted by Crippen LogP contribution is 2.23. The van der Waals surface area contributed by atoms with Crippen LogP contribution in [0.25, 0.3) is 11.5 Å². The Morgan fingerprint density at radius 3 is 2.91 bits per heavy atom. The summed E-state index contributed by atoms with van der Waals surface area (Å²) in [6.45, 7) is 0. The summed E-state index contributed by atoms with van der Waals surface area (Å²) in [6.07, 6.45) is 4.86. The fourth-order valence-electron chi connectivity index (χ4n) is 1.94. The van der Waals surface area contributed by atoms with E-state index in [4.69, 9.17) is 23.2 Å². The molecule has 0 bridgehead atoms. The molecule has 23 heavy (non-hydrogen) atoms. The monoisotopic (exact) mass is 347 g/mol. The van der Waals surface area contributed by atoms with E-state index >= 15 is 0 Å². The second-order valence-corrected chi connectivity index (χ2v) is 5.35. The van der Waals surface area contributed by atoms with Gasteiger partial charge in [-0.1, -0.05) is 23.2 Å². The largest absolute Gasteiger partial charge is 0.336 e. The van der Waals surface area contributed by atoms with Gasteiger partial charge in [-0.15, -0.1) is 14.8 Å². The van der Waals surface area contributed by atoms with E-state index in [1.54, 1.807) is 30.6 Å². The summed E-state index contributed by atoms with van der Waals surface area (Å²) in [7, 11) is 0. The summed E-state index contributed by atoms with van der Waals surface area (Å²) in [4.78, 5) is 4.16. The summed E-state index contributed by atoms with van der Waals surface area (Å²) >= 11 is 12.0. The van der Waals surface area contributed by atoms with Crippen LogP contribution in [0.3, 0.4) is 0 Å². The van der Waals surface area contributed by atoms with Gasteiger partial charge in [0.1, 0.15) is 0 Å². The van der Waals surface area contributed by atoms with Crippen LogP contribution in [0.15, 0.2) is 36.8 Å². The molecule has 11 heteroatoms. The van der Waals surface area contributed by atoms with Gasteiger partial charge in [0.2, 0.25) is 0 Å². The second kappa shape index (κ2) is 5.45. The molecule has 0 atom stereocenters. The van der Waals surface area contributed by atoms with Gasteiger partial charge < -0.3 is 5.32 Å². The number of nitrogens with zero attached hydrogens (tertiary/aromatic N) is 8. The minimum absolute atomic E-state index is 0.403. The van der Waals surface area contributed by atoms with Gasteiger partial charge in [0.25, 0.3) is 0 Å². The van der Waals surface area contributed by atoms with Crippen molar-refractivity contribution in [3.05, 3.63) is 46.8 Å². The van der Waals surface area contributed by atoms with Gasteiger partial charge in [0.15, 0.2) is 17.3 Å². The van der Waals surface area contributed by atoms with Crippen molar-refractivity contribution in [3.8, 4) is 5.82 Å². The normalized spacial score (nSPS) is 11.0. The standard InChI is InChI=1S/C12H7Cl2N9/c13-7-3-9(14)12(15-4-7)22-6-8(5-16-22)17-10-1-2-11-18-20-21-23(11)19-10/h1-6H,(H,17,19). The minimum Gasteiger partial charge on any atom is -0.336 e. The van der Waals surface area contributed by atoms with E-state index in [9.17, 15) is 0 Å². The van der Waals surface area contributed by atoms with Gasteiger partial charge >= 0.3 is 0 Å². The summed E-state index contributed by atoms with van der Waals surface area (Å²) in [5.41, 5.74) is 1.26. The molecular formula is C12H7Cl2N9. The number of rotatable bonds is 3. The van der Waals surface area contributed by atoms with Crippen LogP contribution in [-0.4, -0.2) is 40.0 Å². The molecule has 0 aliphatic carbocycles. The number of halogens is 2. The maximum absolute atomic E-state index is 6.12. The third-order valence-electron chi connectivity index (χ3n) is 2.93. The lowest BCUT2D eigenvalue weighted by Crippen LogP contribution is -2.00. The molecule has 114 valence electrons. The lowest BCUT2D eigenvalue weighted by atomic mass is 10.4. The zero-order valence-corrected chi connectivity index (χ0v) is 12.8. The number of aromatic nitrogens is 8. The molecule has 0 saturated heterocycles. The van der Waals surface area contributed by atoms with Crippen LogP contribution in [-0.2, 0) is 0 Å². The first-order valence-corrected chi connectivity index (χ1v) is 7.13. The topological polar surface area (TPSA) is 98.7 Å². The predicted octanol–water partition coefficient (Wildman–Crippen LogP) is 2.15. The number of hydrogen-bond acceptors (Lipinski definition) is 7. The van der Waals surface area contributed by atoms with Crippen molar-refractivity contribution >= 4 is 40.4 Å². The number of tetrazole rings is 1. The molecule has 0 unspecified atom stereocenters. The highest BCUT2D eigenvalue weighted by atomic mass is 35.5. The molecule has 0 spiro atoms. The van der Waals surface area contributed by atoms with Gasteiger partial charge in [-0.3, -0.25) is 0 Å².